The zero-order valence-electron chi connectivity index (χ0n) is 16.5. The maximum Gasteiger partial charge on any atom is 0.191 e. The molecule has 7 nitrogen and oxygen atoms in total. The smallest absolute Gasteiger partial charge is 0.191 e. The first-order chi connectivity index (χ1) is 12.1. The second-order valence-electron chi connectivity index (χ2n) is 7.60. The summed E-state index contributed by atoms with van der Waals surface area (Å²) in [5.41, 5.74) is 0.859. The summed E-state index contributed by atoms with van der Waals surface area (Å²) in [5, 5.41) is 24.3. The number of guanidine groups is 1. The van der Waals surface area contributed by atoms with Crippen LogP contribution in [0.2, 0.25) is 0 Å². The van der Waals surface area contributed by atoms with E-state index in [1.54, 1.807) is 29.1 Å². The first kappa shape index (κ1) is 20.4. The lowest BCUT2D eigenvalue weighted by atomic mass is 9.93. The van der Waals surface area contributed by atoms with Crippen LogP contribution in [0.25, 0.3) is 0 Å². The van der Waals surface area contributed by atoms with Gasteiger partial charge >= 0.3 is 0 Å². The topological polar surface area (TPSA) is 87.4 Å². The Labute approximate surface area is 159 Å². The zero-order chi connectivity index (χ0) is 19.4. The maximum absolute atomic E-state index is 10.7. The van der Waals surface area contributed by atoms with Crippen LogP contribution in [-0.2, 0) is 24.6 Å². The molecule has 2 heterocycles. The Morgan fingerprint density at radius 2 is 2.04 bits per heavy atom. The van der Waals surface area contributed by atoms with Crippen molar-refractivity contribution >= 4 is 17.3 Å². The molecule has 1 atom stereocenters. The van der Waals surface area contributed by atoms with Crippen molar-refractivity contribution in [2.24, 2.45) is 12.0 Å². The predicted molar refractivity (Wildman–Crippen MR) is 106 cm³/mol. The summed E-state index contributed by atoms with van der Waals surface area (Å²) < 4.78 is 1.68. The number of rotatable bonds is 6. The van der Waals surface area contributed by atoms with Gasteiger partial charge in [-0.1, -0.05) is 20.8 Å². The van der Waals surface area contributed by atoms with Crippen LogP contribution >= 0.6 is 11.3 Å². The normalized spacial score (nSPS) is 15.0. The number of nitrogens with zero attached hydrogens (tertiary/aromatic N) is 4. The van der Waals surface area contributed by atoms with Crippen LogP contribution in [0.15, 0.2) is 22.8 Å². The Bertz CT molecular complexity index is 741. The van der Waals surface area contributed by atoms with Crippen LogP contribution < -0.4 is 10.6 Å². The molecule has 0 radical (unpaired) electrons. The van der Waals surface area contributed by atoms with Gasteiger partial charge in [0.15, 0.2) is 5.96 Å². The van der Waals surface area contributed by atoms with E-state index in [1.807, 2.05) is 20.2 Å². The van der Waals surface area contributed by atoms with Gasteiger partial charge in [0.1, 0.15) is 10.6 Å². The second-order valence-corrected chi connectivity index (χ2v) is 8.54. The van der Waals surface area contributed by atoms with E-state index in [0.717, 1.165) is 22.8 Å². The summed E-state index contributed by atoms with van der Waals surface area (Å²) in [4.78, 5) is 9.26. The van der Waals surface area contributed by atoms with Crippen molar-refractivity contribution in [3.8, 4) is 0 Å². The van der Waals surface area contributed by atoms with Crippen molar-refractivity contribution in [2.45, 2.75) is 52.2 Å². The molecule has 0 saturated heterocycles. The fourth-order valence-corrected chi connectivity index (χ4v) is 3.22. The molecule has 0 aliphatic carbocycles. The van der Waals surface area contributed by atoms with Gasteiger partial charge in [-0.05, 0) is 13.8 Å². The van der Waals surface area contributed by atoms with Gasteiger partial charge in [-0.2, -0.15) is 5.10 Å². The van der Waals surface area contributed by atoms with Gasteiger partial charge in [0.2, 0.25) is 0 Å². The summed E-state index contributed by atoms with van der Waals surface area (Å²) in [6, 6.07) is 0. The van der Waals surface area contributed by atoms with E-state index in [-0.39, 0.29) is 5.41 Å². The van der Waals surface area contributed by atoms with Crippen molar-refractivity contribution < 1.29 is 5.11 Å². The Kier molecular flexibility index (Phi) is 6.41. The van der Waals surface area contributed by atoms with E-state index in [0.29, 0.717) is 19.0 Å². The standard InChI is InChI=1S/C18H30N6OS/c1-7-19-16(20-9-15-23-14(11-26-15)17(2,3)4)21-12-18(5,25)13-8-22-24(6)10-13/h8,10-11,25H,7,9,12H2,1-6H3,(H2,19,20,21). The van der Waals surface area contributed by atoms with Crippen molar-refractivity contribution in [3.63, 3.8) is 0 Å². The monoisotopic (exact) mass is 378 g/mol. The maximum atomic E-state index is 10.7. The lowest BCUT2D eigenvalue weighted by Gasteiger charge is -2.23. The third-order valence-corrected chi connectivity index (χ3v) is 4.80. The van der Waals surface area contributed by atoms with Crippen molar-refractivity contribution in [2.75, 3.05) is 13.1 Å². The highest BCUT2D eigenvalue weighted by molar-refractivity contribution is 7.09. The number of aliphatic hydroxyl groups is 1. The third kappa shape index (κ3) is 5.54. The Hall–Kier alpha value is -1.93. The van der Waals surface area contributed by atoms with Gasteiger partial charge in [0.05, 0.1) is 25.0 Å². The van der Waals surface area contributed by atoms with E-state index in [4.69, 9.17) is 0 Å². The molecule has 0 fully saturated rings. The number of aromatic nitrogens is 3. The molecule has 1 unspecified atom stereocenters. The summed E-state index contributed by atoms with van der Waals surface area (Å²) in [5.74, 6) is 0.657. The van der Waals surface area contributed by atoms with E-state index in [9.17, 15) is 5.11 Å². The number of hydrogen-bond donors (Lipinski definition) is 3. The van der Waals surface area contributed by atoms with Gasteiger partial charge in [-0.25, -0.2) is 9.98 Å². The minimum atomic E-state index is -1.04. The highest BCUT2D eigenvalue weighted by Gasteiger charge is 2.25. The quantitative estimate of drug-likeness (QED) is 0.529. The number of nitrogens with one attached hydrogen (secondary N) is 2. The molecule has 0 saturated carbocycles. The fourth-order valence-electron chi connectivity index (χ4n) is 2.27. The lowest BCUT2D eigenvalue weighted by Crippen LogP contribution is -2.44. The van der Waals surface area contributed by atoms with Crippen LogP contribution in [0.4, 0.5) is 0 Å². The number of aryl methyl sites for hydroxylation is 1. The molecule has 0 aliphatic heterocycles. The molecule has 0 bridgehead atoms. The SMILES string of the molecule is CCNC(=NCc1nc(C(C)(C)C)cs1)NCC(C)(O)c1cnn(C)c1. The molecule has 2 rings (SSSR count). The predicted octanol–water partition coefficient (Wildman–Crippen LogP) is 2.14. The molecular formula is C18H30N6OS. The van der Waals surface area contributed by atoms with Crippen LogP contribution in [0.5, 0.6) is 0 Å². The summed E-state index contributed by atoms with van der Waals surface area (Å²) in [6.45, 7) is 11.8. The molecule has 0 amide bonds. The van der Waals surface area contributed by atoms with Crippen molar-refractivity contribution in [1.82, 2.24) is 25.4 Å². The molecule has 2 aromatic heterocycles. The Morgan fingerprint density at radius 3 is 2.58 bits per heavy atom. The van der Waals surface area contributed by atoms with Crippen molar-refractivity contribution in [1.29, 1.82) is 0 Å². The number of hydrogen-bond acceptors (Lipinski definition) is 5. The second kappa shape index (κ2) is 8.18. The zero-order valence-corrected chi connectivity index (χ0v) is 17.3. The van der Waals surface area contributed by atoms with Gasteiger partial charge < -0.3 is 15.7 Å². The summed E-state index contributed by atoms with van der Waals surface area (Å²) in [7, 11) is 1.83. The van der Waals surface area contributed by atoms with Crippen LogP contribution in [0, 0.1) is 0 Å². The number of aliphatic imine (C=N–C) groups is 1. The lowest BCUT2D eigenvalue weighted by molar-refractivity contribution is 0.0616. The molecule has 8 heteroatoms. The van der Waals surface area contributed by atoms with Crippen LogP contribution in [-0.4, -0.2) is 38.9 Å². The van der Waals surface area contributed by atoms with E-state index >= 15 is 0 Å². The van der Waals surface area contributed by atoms with E-state index in [2.05, 4.69) is 51.9 Å². The van der Waals surface area contributed by atoms with Gasteiger partial charge in [-0.3, -0.25) is 4.68 Å². The Balaban J connectivity index is 2.01. The average Bonchev–Trinajstić information content (AvgIpc) is 3.19. The first-order valence-electron chi connectivity index (χ1n) is 8.80. The molecule has 26 heavy (non-hydrogen) atoms. The third-order valence-electron chi connectivity index (χ3n) is 3.96. The minimum absolute atomic E-state index is 0.0453. The van der Waals surface area contributed by atoms with Gasteiger partial charge in [0.25, 0.3) is 0 Å². The molecule has 2 aromatic rings. The van der Waals surface area contributed by atoms with Crippen LogP contribution in [0.3, 0.4) is 0 Å². The van der Waals surface area contributed by atoms with Crippen LogP contribution in [0.1, 0.15) is 50.9 Å². The van der Waals surface area contributed by atoms with E-state index in [1.165, 1.54) is 0 Å². The van der Waals surface area contributed by atoms with Crippen molar-refractivity contribution in [3.05, 3.63) is 34.0 Å². The fraction of sp³-hybridized carbons (Fsp3) is 0.611. The number of thiazole rings is 1. The molecule has 0 aromatic carbocycles. The van der Waals surface area contributed by atoms with E-state index < -0.39 is 5.60 Å². The molecule has 0 spiro atoms. The summed E-state index contributed by atoms with van der Waals surface area (Å²) >= 11 is 1.63. The largest absolute Gasteiger partial charge is 0.383 e. The average molecular weight is 379 g/mol. The highest BCUT2D eigenvalue weighted by Crippen LogP contribution is 2.24. The van der Waals surface area contributed by atoms with Gasteiger partial charge in [0, 0.05) is 36.1 Å². The molecule has 144 valence electrons. The van der Waals surface area contributed by atoms with Gasteiger partial charge in [-0.15, -0.1) is 11.3 Å². The molecule has 3 N–H and O–H groups in total. The summed E-state index contributed by atoms with van der Waals surface area (Å²) in [6.07, 6.45) is 3.49. The highest BCUT2D eigenvalue weighted by atomic mass is 32.1. The first-order valence-corrected chi connectivity index (χ1v) is 9.68. The molecule has 0 aliphatic rings. The minimum Gasteiger partial charge on any atom is -0.383 e. The molecular weight excluding hydrogens is 348 g/mol. The Morgan fingerprint density at radius 1 is 1.31 bits per heavy atom.